The van der Waals surface area contributed by atoms with Crippen LogP contribution in [0.15, 0.2) is 71.6 Å². The van der Waals surface area contributed by atoms with E-state index in [-0.39, 0.29) is 4.90 Å². The minimum Gasteiger partial charge on any atom is -0.332 e. The lowest BCUT2D eigenvalue weighted by Crippen LogP contribution is -2.19. The number of hydrogen-bond donors (Lipinski definition) is 3. The largest absolute Gasteiger partial charge is 0.332 e. The fourth-order valence-electron chi connectivity index (χ4n) is 2.67. The predicted octanol–water partition coefficient (Wildman–Crippen LogP) is 5.22. The van der Waals surface area contributed by atoms with Crippen LogP contribution >= 0.6 is 12.2 Å². The van der Waals surface area contributed by atoms with Crippen LogP contribution in [0.1, 0.15) is 16.7 Å². The van der Waals surface area contributed by atoms with E-state index >= 15 is 0 Å². The summed E-state index contributed by atoms with van der Waals surface area (Å²) in [5, 5.41) is 6.70. The van der Waals surface area contributed by atoms with Gasteiger partial charge in [-0.25, -0.2) is 8.42 Å². The van der Waals surface area contributed by atoms with Gasteiger partial charge >= 0.3 is 0 Å². The predicted molar refractivity (Wildman–Crippen MR) is 124 cm³/mol. The Bertz CT molecular complexity index is 1120. The maximum absolute atomic E-state index is 12.5. The van der Waals surface area contributed by atoms with Gasteiger partial charge in [-0.2, -0.15) is 0 Å². The third-order valence-corrected chi connectivity index (χ3v) is 6.09. The van der Waals surface area contributed by atoms with Crippen LogP contribution in [0.3, 0.4) is 0 Å². The molecule has 7 heteroatoms. The Hall–Kier alpha value is -2.90. The van der Waals surface area contributed by atoms with E-state index < -0.39 is 10.0 Å². The Labute approximate surface area is 177 Å². The Morgan fingerprint density at radius 2 is 1.28 bits per heavy atom. The zero-order valence-corrected chi connectivity index (χ0v) is 18.1. The van der Waals surface area contributed by atoms with Crippen molar-refractivity contribution in [2.75, 3.05) is 15.4 Å². The highest BCUT2D eigenvalue weighted by Crippen LogP contribution is 2.19. The van der Waals surface area contributed by atoms with Gasteiger partial charge in [-0.1, -0.05) is 23.8 Å². The summed E-state index contributed by atoms with van der Waals surface area (Å²) in [6.45, 7) is 6.02. The summed E-state index contributed by atoms with van der Waals surface area (Å²) in [7, 11) is -3.62. The molecule has 29 heavy (non-hydrogen) atoms. The van der Waals surface area contributed by atoms with Gasteiger partial charge in [-0.3, -0.25) is 4.72 Å². The lowest BCUT2D eigenvalue weighted by atomic mass is 10.1. The Morgan fingerprint density at radius 3 is 1.90 bits per heavy atom. The van der Waals surface area contributed by atoms with Crippen LogP contribution in [0, 0.1) is 20.8 Å². The molecule has 3 aromatic carbocycles. The van der Waals surface area contributed by atoms with Crippen LogP contribution in [0.4, 0.5) is 17.1 Å². The molecule has 0 aliphatic heterocycles. The molecule has 3 aromatic rings. The van der Waals surface area contributed by atoms with Crippen molar-refractivity contribution in [2.45, 2.75) is 25.7 Å². The molecule has 0 unspecified atom stereocenters. The van der Waals surface area contributed by atoms with Gasteiger partial charge in [0.25, 0.3) is 10.0 Å². The van der Waals surface area contributed by atoms with E-state index in [1.54, 1.807) is 48.5 Å². The number of aryl methyl sites for hydroxylation is 3. The first-order chi connectivity index (χ1) is 13.7. The van der Waals surface area contributed by atoms with Crippen LogP contribution in [0.2, 0.25) is 0 Å². The molecule has 0 aromatic heterocycles. The Kier molecular flexibility index (Phi) is 6.20. The van der Waals surface area contributed by atoms with Gasteiger partial charge in [0.15, 0.2) is 5.11 Å². The second kappa shape index (κ2) is 8.63. The quantitative estimate of drug-likeness (QED) is 0.489. The molecule has 0 aliphatic carbocycles. The van der Waals surface area contributed by atoms with E-state index in [0.29, 0.717) is 10.8 Å². The molecule has 3 rings (SSSR count). The molecule has 5 nitrogen and oxygen atoms in total. The van der Waals surface area contributed by atoms with Crippen molar-refractivity contribution >= 4 is 44.4 Å². The summed E-state index contributed by atoms with van der Waals surface area (Å²) in [4.78, 5) is 0.226. The van der Waals surface area contributed by atoms with Crippen LogP contribution in [-0.2, 0) is 10.0 Å². The Morgan fingerprint density at radius 1 is 0.724 bits per heavy atom. The van der Waals surface area contributed by atoms with Crippen LogP contribution < -0.4 is 15.4 Å². The van der Waals surface area contributed by atoms with Crippen LogP contribution in [0.25, 0.3) is 0 Å². The minimum atomic E-state index is -3.62. The summed E-state index contributed by atoms with van der Waals surface area (Å²) in [6.07, 6.45) is 0. The van der Waals surface area contributed by atoms with Crippen LogP contribution in [0.5, 0.6) is 0 Å². The molecule has 0 saturated heterocycles. The third-order valence-electron chi connectivity index (χ3n) is 4.49. The number of benzene rings is 3. The molecule has 0 saturated carbocycles. The summed E-state index contributed by atoms with van der Waals surface area (Å²) >= 11 is 5.36. The standard InChI is InChI=1S/C22H23N3O2S2/c1-15-4-12-21(13-5-15)29(26,27)25-19-10-8-18(9-11-19)23-22(28)24-20-7-6-16(2)17(3)14-20/h4-14,25H,1-3H3,(H2,23,24,28). The van der Waals surface area contributed by atoms with E-state index in [1.807, 2.05) is 32.0 Å². The van der Waals surface area contributed by atoms with Crippen molar-refractivity contribution in [3.63, 3.8) is 0 Å². The van der Waals surface area contributed by atoms with Gasteiger partial charge in [0.1, 0.15) is 0 Å². The van der Waals surface area contributed by atoms with E-state index in [9.17, 15) is 8.42 Å². The molecule has 150 valence electrons. The molecule has 0 heterocycles. The summed E-state index contributed by atoms with van der Waals surface area (Å²) in [6, 6.07) is 19.7. The molecule has 0 aliphatic rings. The van der Waals surface area contributed by atoms with Crippen molar-refractivity contribution < 1.29 is 8.42 Å². The van der Waals surface area contributed by atoms with E-state index in [4.69, 9.17) is 12.2 Å². The van der Waals surface area contributed by atoms with Gasteiger partial charge in [0, 0.05) is 17.1 Å². The molecule has 0 amide bonds. The maximum atomic E-state index is 12.5. The van der Waals surface area contributed by atoms with E-state index in [0.717, 1.165) is 16.9 Å². The second-order valence-corrected chi connectivity index (χ2v) is 8.96. The lowest BCUT2D eigenvalue weighted by Gasteiger charge is -2.13. The summed E-state index contributed by atoms with van der Waals surface area (Å²) in [5.41, 5.74) is 5.55. The SMILES string of the molecule is Cc1ccc(S(=O)(=O)Nc2ccc(NC(=S)Nc3ccc(C)c(C)c3)cc2)cc1. The molecular weight excluding hydrogens is 402 g/mol. The van der Waals surface area contributed by atoms with Crippen molar-refractivity contribution in [2.24, 2.45) is 0 Å². The van der Waals surface area contributed by atoms with Gasteiger partial charge in [-0.05, 0) is 92.6 Å². The van der Waals surface area contributed by atoms with Gasteiger partial charge < -0.3 is 10.6 Å². The zero-order valence-electron chi connectivity index (χ0n) is 16.5. The average molecular weight is 426 g/mol. The van der Waals surface area contributed by atoms with Crippen molar-refractivity contribution in [3.8, 4) is 0 Å². The van der Waals surface area contributed by atoms with Gasteiger partial charge in [-0.15, -0.1) is 0 Å². The number of anilines is 3. The molecule has 0 bridgehead atoms. The van der Waals surface area contributed by atoms with Crippen molar-refractivity contribution in [3.05, 3.63) is 83.4 Å². The number of rotatable bonds is 5. The normalized spacial score (nSPS) is 11.0. The Balaban J connectivity index is 1.63. The maximum Gasteiger partial charge on any atom is 0.261 e. The molecule has 0 radical (unpaired) electrons. The smallest absolute Gasteiger partial charge is 0.261 e. The highest BCUT2D eigenvalue weighted by molar-refractivity contribution is 7.92. The first kappa shape index (κ1) is 20.8. The molecule has 0 atom stereocenters. The summed E-state index contributed by atoms with van der Waals surface area (Å²) in [5.74, 6) is 0. The first-order valence-electron chi connectivity index (χ1n) is 9.08. The number of hydrogen-bond acceptors (Lipinski definition) is 3. The minimum absolute atomic E-state index is 0.226. The number of sulfonamides is 1. The highest BCUT2D eigenvalue weighted by Gasteiger charge is 2.13. The van der Waals surface area contributed by atoms with E-state index in [2.05, 4.69) is 22.3 Å². The monoisotopic (exact) mass is 425 g/mol. The number of thiocarbonyl (C=S) groups is 1. The summed E-state index contributed by atoms with van der Waals surface area (Å²) < 4.78 is 27.5. The van der Waals surface area contributed by atoms with E-state index in [1.165, 1.54) is 11.1 Å². The average Bonchev–Trinajstić information content (AvgIpc) is 2.66. The molecule has 0 fully saturated rings. The zero-order chi connectivity index (χ0) is 21.0. The fraction of sp³-hybridized carbons (Fsp3) is 0.136. The molecule has 0 spiro atoms. The fourth-order valence-corrected chi connectivity index (χ4v) is 3.96. The van der Waals surface area contributed by atoms with Gasteiger partial charge in [0.2, 0.25) is 0 Å². The lowest BCUT2D eigenvalue weighted by molar-refractivity contribution is 0.601. The van der Waals surface area contributed by atoms with Gasteiger partial charge in [0.05, 0.1) is 4.90 Å². The molecular formula is C22H23N3O2S2. The third kappa shape index (κ3) is 5.56. The number of nitrogens with one attached hydrogen (secondary N) is 3. The van der Waals surface area contributed by atoms with Crippen molar-refractivity contribution in [1.29, 1.82) is 0 Å². The van der Waals surface area contributed by atoms with Crippen molar-refractivity contribution in [1.82, 2.24) is 0 Å². The highest BCUT2D eigenvalue weighted by atomic mass is 32.2. The van der Waals surface area contributed by atoms with Crippen LogP contribution in [-0.4, -0.2) is 13.5 Å². The topological polar surface area (TPSA) is 70.2 Å². The molecule has 3 N–H and O–H groups in total. The first-order valence-corrected chi connectivity index (χ1v) is 11.0. The second-order valence-electron chi connectivity index (χ2n) is 6.87.